The average molecular weight is 298 g/mol. The molecule has 1 unspecified atom stereocenters. The normalized spacial score (nSPS) is 12.4. The minimum absolute atomic E-state index is 0.489. The Kier molecular flexibility index (Phi) is 3.98. The van der Waals surface area contributed by atoms with Gasteiger partial charge in [0.1, 0.15) is 0 Å². The molecule has 2 N–H and O–H groups in total. The zero-order chi connectivity index (χ0) is 11.4. The summed E-state index contributed by atoms with van der Waals surface area (Å²) < 4.78 is 0.986. The van der Waals surface area contributed by atoms with Gasteiger partial charge in [-0.25, -0.2) is 0 Å². The highest BCUT2D eigenvalue weighted by Gasteiger charge is 2.07. The number of hydrogen-bond acceptors (Lipinski definition) is 3. The summed E-state index contributed by atoms with van der Waals surface area (Å²) >= 11 is 5.03. The summed E-state index contributed by atoms with van der Waals surface area (Å²) in [6.07, 6.45) is -0.489. The highest BCUT2D eigenvalue weighted by atomic mass is 79.9. The van der Waals surface area contributed by atoms with Gasteiger partial charge in [-0.3, -0.25) is 0 Å². The summed E-state index contributed by atoms with van der Waals surface area (Å²) in [4.78, 5) is 0. The van der Waals surface area contributed by atoms with Crippen molar-refractivity contribution in [2.45, 2.75) is 6.10 Å². The van der Waals surface area contributed by atoms with Gasteiger partial charge in [0.15, 0.2) is 0 Å². The van der Waals surface area contributed by atoms with Crippen LogP contribution in [0.15, 0.2) is 45.6 Å². The molecule has 0 aliphatic heterocycles. The van der Waals surface area contributed by atoms with Crippen LogP contribution in [-0.4, -0.2) is 11.7 Å². The molecule has 0 bridgehead atoms. The molecule has 1 atom stereocenters. The Morgan fingerprint density at radius 1 is 1.38 bits per heavy atom. The van der Waals surface area contributed by atoms with Gasteiger partial charge in [-0.1, -0.05) is 28.1 Å². The van der Waals surface area contributed by atoms with Crippen LogP contribution in [0.2, 0.25) is 0 Å². The molecule has 1 heterocycles. The van der Waals surface area contributed by atoms with Gasteiger partial charge in [0.05, 0.1) is 6.10 Å². The van der Waals surface area contributed by atoms with Crippen LogP contribution in [-0.2, 0) is 0 Å². The Balaban J connectivity index is 1.95. The lowest BCUT2D eigenvalue weighted by Gasteiger charge is -2.12. The van der Waals surface area contributed by atoms with E-state index in [0.717, 1.165) is 15.7 Å². The maximum absolute atomic E-state index is 9.96. The Morgan fingerprint density at radius 2 is 2.25 bits per heavy atom. The van der Waals surface area contributed by atoms with E-state index >= 15 is 0 Å². The van der Waals surface area contributed by atoms with E-state index in [-0.39, 0.29) is 0 Å². The first kappa shape index (κ1) is 11.6. The van der Waals surface area contributed by atoms with Gasteiger partial charge in [0, 0.05) is 22.1 Å². The molecule has 2 aromatic rings. The van der Waals surface area contributed by atoms with Gasteiger partial charge >= 0.3 is 0 Å². The first-order valence-corrected chi connectivity index (χ1v) is 6.69. The summed E-state index contributed by atoms with van der Waals surface area (Å²) in [5, 5.41) is 17.2. The standard InChI is InChI=1S/C12H12BrNOS/c13-10-3-1-2-9(6-10)12(15)7-14-11-4-5-16-8-11/h1-6,8,12,14-15H,7H2. The molecule has 2 rings (SSSR count). The van der Waals surface area contributed by atoms with E-state index in [1.54, 1.807) is 11.3 Å². The van der Waals surface area contributed by atoms with Crippen molar-refractivity contribution in [1.82, 2.24) is 0 Å². The summed E-state index contributed by atoms with van der Waals surface area (Å²) in [6.45, 7) is 0.521. The molecule has 0 aliphatic rings. The number of rotatable bonds is 4. The van der Waals surface area contributed by atoms with Crippen LogP contribution < -0.4 is 5.32 Å². The number of anilines is 1. The lowest BCUT2D eigenvalue weighted by molar-refractivity contribution is 0.191. The molecular weight excluding hydrogens is 286 g/mol. The predicted octanol–water partition coefficient (Wildman–Crippen LogP) is 3.66. The van der Waals surface area contributed by atoms with E-state index in [1.807, 2.05) is 41.1 Å². The van der Waals surface area contributed by atoms with Crippen molar-refractivity contribution in [2.24, 2.45) is 0 Å². The summed E-state index contributed by atoms with van der Waals surface area (Å²) in [5.41, 5.74) is 1.97. The molecule has 1 aromatic heterocycles. The highest BCUT2D eigenvalue weighted by molar-refractivity contribution is 9.10. The number of thiophene rings is 1. The number of halogens is 1. The second-order valence-electron chi connectivity index (χ2n) is 3.46. The fourth-order valence-electron chi connectivity index (χ4n) is 1.41. The van der Waals surface area contributed by atoms with Crippen molar-refractivity contribution < 1.29 is 5.11 Å². The maximum atomic E-state index is 9.96. The quantitative estimate of drug-likeness (QED) is 0.903. The number of aliphatic hydroxyl groups excluding tert-OH is 1. The number of nitrogens with one attached hydrogen (secondary N) is 1. The second-order valence-corrected chi connectivity index (χ2v) is 5.16. The Bertz CT molecular complexity index is 444. The third-order valence-electron chi connectivity index (χ3n) is 2.25. The van der Waals surface area contributed by atoms with Crippen molar-refractivity contribution in [3.63, 3.8) is 0 Å². The SMILES string of the molecule is OC(CNc1ccsc1)c1cccc(Br)c1. The van der Waals surface area contributed by atoms with Crippen LogP contribution in [0.3, 0.4) is 0 Å². The molecular formula is C12H12BrNOS. The average Bonchev–Trinajstić information content (AvgIpc) is 2.78. The molecule has 0 radical (unpaired) electrons. The fourth-order valence-corrected chi connectivity index (χ4v) is 2.44. The molecule has 0 aliphatic carbocycles. The molecule has 0 saturated carbocycles. The second kappa shape index (κ2) is 5.48. The molecule has 0 spiro atoms. The minimum Gasteiger partial charge on any atom is -0.387 e. The van der Waals surface area contributed by atoms with Crippen LogP contribution in [0.4, 0.5) is 5.69 Å². The van der Waals surface area contributed by atoms with E-state index in [1.165, 1.54) is 0 Å². The lowest BCUT2D eigenvalue weighted by atomic mass is 10.1. The number of hydrogen-bond donors (Lipinski definition) is 2. The Morgan fingerprint density at radius 3 is 2.94 bits per heavy atom. The first-order valence-electron chi connectivity index (χ1n) is 4.95. The molecule has 0 saturated heterocycles. The molecule has 16 heavy (non-hydrogen) atoms. The summed E-state index contributed by atoms with van der Waals surface area (Å²) in [7, 11) is 0. The first-order chi connectivity index (χ1) is 7.75. The minimum atomic E-state index is -0.489. The van der Waals surface area contributed by atoms with Gasteiger partial charge in [-0.15, -0.1) is 0 Å². The van der Waals surface area contributed by atoms with Gasteiger partial charge in [0.2, 0.25) is 0 Å². The lowest BCUT2D eigenvalue weighted by Crippen LogP contribution is -2.11. The molecule has 1 aromatic carbocycles. The largest absolute Gasteiger partial charge is 0.387 e. The summed E-state index contributed by atoms with van der Waals surface area (Å²) in [6, 6.07) is 9.72. The van der Waals surface area contributed by atoms with E-state index in [0.29, 0.717) is 6.54 Å². The van der Waals surface area contributed by atoms with Crippen LogP contribution >= 0.6 is 27.3 Å². The van der Waals surface area contributed by atoms with Crippen molar-refractivity contribution in [2.75, 3.05) is 11.9 Å². The molecule has 0 fully saturated rings. The van der Waals surface area contributed by atoms with Gasteiger partial charge in [0.25, 0.3) is 0 Å². The van der Waals surface area contributed by atoms with E-state index in [2.05, 4.69) is 21.2 Å². The van der Waals surface area contributed by atoms with E-state index in [9.17, 15) is 5.11 Å². The number of aliphatic hydroxyl groups is 1. The number of benzene rings is 1. The fraction of sp³-hybridized carbons (Fsp3) is 0.167. The predicted molar refractivity (Wildman–Crippen MR) is 71.9 cm³/mol. The zero-order valence-electron chi connectivity index (χ0n) is 8.56. The molecule has 4 heteroatoms. The van der Waals surface area contributed by atoms with E-state index in [4.69, 9.17) is 0 Å². The van der Waals surface area contributed by atoms with Gasteiger partial charge in [-0.05, 0) is 29.1 Å². The van der Waals surface area contributed by atoms with Crippen LogP contribution in [0.1, 0.15) is 11.7 Å². The smallest absolute Gasteiger partial charge is 0.0962 e. The van der Waals surface area contributed by atoms with Crippen molar-refractivity contribution in [3.05, 3.63) is 51.1 Å². The highest BCUT2D eigenvalue weighted by Crippen LogP contribution is 2.19. The van der Waals surface area contributed by atoms with Crippen molar-refractivity contribution in [3.8, 4) is 0 Å². The topological polar surface area (TPSA) is 32.3 Å². The van der Waals surface area contributed by atoms with Gasteiger partial charge in [-0.2, -0.15) is 11.3 Å². The molecule has 0 amide bonds. The Labute approximate surface area is 107 Å². The zero-order valence-corrected chi connectivity index (χ0v) is 11.0. The third-order valence-corrected chi connectivity index (χ3v) is 3.43. The van der Waals surface area contributed by atoms with Crippen LogP contribution in [0, 0.1) is 0 Å². The van der Waals surface area contributed by atoms with Crippen molar-refractivity contribution >= 4 is 33.0 Å². The van der Waals surface area contributed by atoms with E-state index < -0.39 is 6.10 Å². The monoisotopic (exact) mass is 297 g/mol. The van der Waals surface area contributed by atoms with Crippen LogP contribution in [0.5, 0.6) is 0 Å². The Hall–Kier alpha value is -0.840. The van der Waals surface area contributed by atoms with Gasteiger partial charge < -0.3 is 10.4 Å². The molecule has 2 nitrogen and oxygen atoms in total. The maximum Gasteiger partial charge on any atom is 0.0962 e. The van der Waals surface area contributed by atoms with Crippen LogP contribution in [0.25, 0.3) is 0 Å². The van der Waals surface area contributed by atoms with Crippen molar-refractivity contribution in [1.29, 1.82) is 0 Å². The third kappa shape index (κ3) is 3.07. The molecule has 84 valence electrons. The summed E-state index contributed by atoms with van der Waals surface area (Å²) in [5.74, 6) is 0.